The molecule has 17 heavy (non-hydrogen) atoms. The van der Waals surface area contributed by atoms with E-state index in [1.165, 1.54) is 0 Å². The Bertz CT molecular complexity index is 415. The average molecular weight is 249 g/mol. The molecule has 0 aliphatic carbocycles. The van der Waals surface area contributed by atoms with Crippen molar-refractivity contribution in [2.45, 2.75) is 33.4 Å². The number of thioether (sulfide) groups is 1. The zero-order chi connectivity index (χ0) is 12.3. The van der Waals surface area contributed by atoms with Crippen molar-refractivity contribution in [3.63, 3.8) is 0 Å². The van der Waals surface area contributed by atoms with Crippen LogP contribution in [0.25, 0.3) is 0 Å². The lowest BCUT2D eigenvalue weighted by molar-refractivity contribution is 0.503. The maximum atomic E-state index is 4.57. The SMILES string of the molecule is Cc1cccc(CN=C2NC(C(C)C)CS2)n1. The first-order chi connectivity index (χ1) is 8.15. The normalized spacial score (nSPS) is 22.1. The fourth-order valence-corrected chi connectivity index (χ4v) is 2.90. The molecule has 0 radical (unpaired) electrons. The van der Waals surface area contributed by atoms with Crippen LogP contribution in [0, 0.1) is 12.8 Å². The highest BCUT2D eigenvalue weighted by Crippen LogP contribution is 2.19. The molecule has 1 aromatic heterocycles. The molecule has 1 aliphatic heterocycles. The summed E-state index contributed by atoms with van der Waals surface area (Å²) in [6, 6.07) is 6.62. The maximum Gasteiger partial charge on any atom is 0.157 e. The summed E-state index contributed by atoms with van der Waals surface area (Å²) in [7, 11) is 0. The molecule has 1 N–H and O–H groups in total. The topological polar surface area (TPSA) is 37.3 Å². The Kier molecular flexibility index (Phi) is 4.05. The van der Waals surface area contributed by atoms with Gasteiger partial charge in [-0.2, -0.15) is 0 Å². The second-order valence-electron chi connectivity index (χ2n) is 4.70. The van der Waals surface area contributed by atoms with E-state index in [0.29, 0.717) is 18.5 Å². The molecular formula is C13H19N3S. The van der Waals surface area contributed by atoms with Gasteiger partial charge in [0.25, 0.3) is 0 Å². The van der Waals surface area contributed by atoms with Gasteiger partial charge in [-0.25, -0.2) is 0 Å². The number of nitrogens with zero attached hydrogens (tertiary/aromatic N) is 2. The molecule has 1 unspecified atom stereocenters. The molecule has 0 saturated carbocycles. The molecule has 0 amide bonds. The molecule has 1 fully saturated rings. The summed E-state index contributed by atoms with van der Waals surface area (Å²) in [5, 5.41) is 4.52. The molecule has 92 valence electrons. The summed E-state index contributed by atoms with van der Waals surface area (Å²) in [5.74, 6) is 1.78. The van der Waals surface area contributed by atoms with Gasteiger partial charge in [-0.1, -0.05) is 31.7 Å². The number of rotatable bonds is 3. The number of nitrogens with one attached hydrogen (secondary N) is 1. The number of hydrogen-bond donors (Lipinski definition) is 1. The van der Waals surface area contributed by atoms with Crippen molar-refractivity contribution in [3.8, 4) is 0 Å². The Hall–Kier alpha value is -1.03. The lowest BCUT2D eigenvalue weighted by Gasteiger charge is -2.13. The number of amidine groups is 1. The molecule has 0 spiro atoms. The first kappa shape index (κ1) is 12.4. The predicted octanol–water partition coefficient (Wildman–Crippen LogP) is 2.61. The van der Waals surface area contributed by atoms with E-state index in [4.69, 9.17) is 0 Å². The van der Waals surface area contributed by atoms with Gasteiger partial charge in [0, 0.05) is 17.5 Å². The first-order valence-corrected chi connectivity index (χ1v) is 7.00. The van der Waals surface area contributed by atoms with E-state index in [0.717, 1.165) is 22.3 Å². The lowest BCUT2D eigenvalue weighted by atomic mass is 10.1. The number of aromatic nitrogens is 1. The van der Waals surface area contributed by atoms with Crippen molar-refractivity contribution in [2.75, 3.05) is 5.75 Å². The number of aliphatic imine (C=N–C) groups is 1. The van der Waals surface area contributed by atoms with Crippen LogP contribution in [-0.2, 0) is 6.54 Å². The third-order valence-electron chi connectivity index (χ3n) is 2.84. The van der Waals surface area contributed by atoms with Crippen LogP contribution in [0.3, 0.4) is 0 Å². The quantitative estimate of drug-likeness (QED) is 0.894. The van der Waals surface area contributed by atoms with Crippen LogP contribution in [0.15, 0.2) is 23.2 Å². The molecule has 4 heteroatoms. The van der Waals surface area contributed by atoms with Gasteiger partial charge in [0.2, 0.25) is 0 Å². The zero-order valence-electron chi connectivity index (χ0n) is 10.6. The van der Waals surface area contributed by atoms with Crippen LogP contribution >= 0.6 is 11.8 Å². The maximum absolute atomic E-state index is 4.57. The van der Waals surface area contributed by atoms with E-state index in [9.17, 15) is 0 Å². The Morgan fingerprint density at radius 3 is 3.00 bits per heavy atom. The molecular weight excluding hydrogens is 230 g/mol. The van der Waals surface area contributed by atoms with E-state index in [1.54, 1.807) is 0 Å². The standard InChI is InChI=1S/C13H19N3S/c1-9(2)12-8-17-13(16-12)14-7-11-6-4-5-10(3)15-11/h4-6,9,12H,7-8H2,1-3H3,(H,14,16). The molecule has 2 rings (SSSR count). The smallest absolute Gasteiger partial charge is 0.157 e. The lowest BCUT2D eigenvalue weighted by Crippen LogP contribution is -2.31. The van der Waals surface area contributed by atoms with Gasteiger partial charge in [-0.3, -0.25) is 9.98 Å². The van der Waals surface area contributed by atoms with Gasteiger partial charge >= 0.3 is 0 Å². The van der Waals surface area contributed by atoms with Gasteiger partial charge in [0.1, 0.15) is 0 Å². The summed E-state index contributed by atoms with van der Waals surface area (Å²) < 4.78 is 0. The summed E-state index contributed by atoms with van der Waals surface area (Å²) in [5.41, 5.74) is 2.09. The van der Waals surface area contributed by atoms with Crippen LogP contribution in [0.2, 0.25) is 0 Å². The van der Waals surface area contributed by atoms with Crippen molar-refractivity contribution in [3.05, 3.63) is 29.6 Å². The van der Waals surface area contributed by atoms with Crippen molar-refractivity contribution in [2.24, 2.45) is 10.9 Å². The van der Waals surface area contributed by atoms with Crippen molar-refractivity contribution in [1.82, 2.24) is 10.3 Å². The van der Waals surface area contributed by atoms with Crippen LogP contribution in [-0.4, -0.2) is 21.9 Å². The van der Waals surface area contributed by atoms with E-state index in [2.05, 4.69) is 29.1 Å². The van der Waals surface area contributed by atoms with Crippen LogP contribution < -0.4 is 5.32 Å². The van der Waals surface area contributed by atoms with E-state index in [1.807, 2.05) is 36.9 Å². The van der Waals surface area contributed by atoms with Crippen molar-refractivity contribution < 1.29 is 0 Å². The molecule has 3 nitrogen and oxygen atoms in total. The van der Waals surface area contributed by atoms with Crippen molar-refractivity contribution >= 4 is 16.9 Å². The van der Waals surface area contributed by atoms with Crippen LogP contribution in [0.1, 0.15) is 25.2 Å². The highest BCUT2D eigenvalue weighted by molar-refractivity contribution is 8.14. The summed E-state index contributed by atoms with van der Waals surface area (Å²) in [4.78, 5) is 9.02. The Balaban J connectivity index is 1.94. The fraction of sp³-hybridized carbons (Fsp3) is 0.538. The second kappa shape index (κ2) is 5.54. The van der Waals surface area contributed by atoms with Crippen LogP contribution in [0.5, 0.6) is 0 Å². The molecule has 2 heterocycles. The van der Waals surface area contributed by atoms with Crippen LogP contribution in [0.4, 0.5) is 0 Å². The molecule has 1 aromatic rings. The minimum Gasteiger partial charge on any atom is -0.361 e. The Labute approximate surface area is 107 Å². The fourth-order valence-electron chi connectivity index (χ4n) is 1.70. The minimum atomic E-state index is 0.559. The Morgan fingerprint density at radius 1 is 1.53 bits per heavy atom. The second-order valence-corrected chi connectivity index (χ2v) is 5.71. The van der Waals surface area contributed by atoms with Gasteiger partial charge in [-0.15, -0.1) is 0 Å². The largest absolute Gasteiger partial charge is 0.361 e. The van der Waals surface area contributed by atoms with E-state index < -0.39 is 0 Å². The van der Waals surface area contributed by atoms with E-state index >= 15 is 0 Å². The summed E-state index contributed by atoms with van der Waals surface area (Å²) in [6.45, 7) is 7.16. The molecule has 0 bridgehead atoms. The molecule has 1 saturated heterocycles. The zero-order valence-corrected chi connectivity index (χ0v) is 11.4. The van der Waals surface area contributed by atoms with Gasteiger partial charge < -0.3 is 5.32 Å². The van der Waals surface area contributed by atoms with Gasteiger partial charge in [0.15, 0.2) is 5.17 Å². The monoisotopic (exact) mass is 249 g/mol. The average Bonchev–Trinajstić information content (AvgIpc) is 2.75. The third-order valence-corrected chi connectivity index (χ3v) is 3.89. The number of hydrogen-bond acceptors (Lipinski definition) is 3. The number of pyridine rings is 1. The highest BCUT2D eigenvalue weighted by atomic mass is 32.2. The summed E-state index contributed by atoms with van der Waals surface area (Å²) >= 11 is 1.81. The Morgan fingerprint density at radius 2 is 2.35 bits per heavy atom. The molecule has 1 aliphatic rings. The van der Waals surface area contributed by atoms with Crippen molar-refractivity contribution in [1.29, 1.82) is 0 Å². The highest BCUT2D eigenvalue weighted by Gasteiger charge is 2.22. The predicted molar refractivity (Wildman–Crippen MR) is 74.3 cm³/mol. The molecule has 0 aromatic carbocycles. The first-order valence-electron chi connectivity index (χ1n) is 6.01. The molecule has 1 atom stereocenters. The third kappa shape index (κ3) is 3.46. The minimum absolute atomic E-state index is 0.559. The van der Waals surface area contributed by atoms with E-state index in [-0.39, 0.29) is 0 Å². The van der Waals surface area contributed by atoms with Gasteiger partial charge in [-0.05, 0) is 25.0 Å². The number of aryl methyl sites for hydroxylation is 1. The van der Waals surface area contributed by atoms with Gasteiger partial charge in [0.05, 0.1) is 12.2 Å². The summed E-state index contributed by atoms with van der Waals surface area (Å²) in [6.07, 6.45) is 0.